The Bertz CT molecular complexity index is 1130. The van der Waals surface area contributed by atoms with Crippen LogP contribution in [0.1, 0.15) is 60.9 Å². The third-order valence-corrected chi connectivity index (χ3v) is 3.77. The van der Waals surface area contributed by atoms with E-state index in [2.05, 4.69) is 30.7 Å². The van der Waals surface area contributed by atoms with Gasteiger partial charge in [-0.3, -0.25) is 24.2 Å². The number of pyridine rings is 2. The Morgan fingerprint density at radius 3 is 1.74 bits per heavy atom. The van der Waals surface area contributed by atoms with Crippen molar-refractivity contribution in [2.75, 3.05) is 7.05 Å². The number of benzene rings is 1. The third-order valence-electron chi connectivity index (χ3n) is 3.77. The molecule has 2 heterocycles. The van der Waals surface area contributed by atoms with E-state index in [1.165, 1.54) is 49.8 Å². The number of H-pyrrole nitrogens is 2. The summed E-state index contributed by atoms with van der Waals surface area (Å²) < 4.78 is 13.3. The smallest absolute Gasteiger partial charge is 0.268 e. The van der Waals surface area contributed by atoms with Crippen LogP contribution in [0.2, 0.25) is 0 Å². The Labute approximate surface area is 205 Å². The Balaban J connectivity index is 0.000000561. The summed E-state index contributed by atoms with van der Waals surface area (Å²) in [5.74, 6) is 5.06. The first kappa shape index (κ1) is 31.1. The number of nitrogens with zero attached hydrogens (tertiary/aromatic N) is 1. The zero-order valence-electron chi connectivity index (χ0n) is 21.1. The molecule has 0 aliphatic rings. The summed E-state index contributed by atoms with van der Waals surface area (Å²) >= 11 is 0. The standard InChI is InChI=1S/C13H10FNO2.C7H9N3O2.C4H10.C2H6/c14-11-4-2-1-3-9(11)7-12(16)10-5-6-13(17)15-8-10;1-10(8)7(12)5-2-3-6(11)9-4-5;1-4(2)3;1-2/h1-6,8H,7H2,(H,15,17);2-4H,8H2,1H3,(H,9,11);4H,1-3H3;1-2H3. The van der Waals surface area contributed by atoms with Gasteiger partial charge in [0.15, 0.2) is 5.78 Å². The lowest BCUT2D eigenvalue weighted by molar-refractivity contribution is 0.0794. The molecule has 35 heavy (non-hydrogen) atoms. The number of hydrogen-bond donors (Lipinski definition) is 3. The van der Waals surface area contributed by atoms with Gasteiger partial charge in [-0.05, 0) is 29.7 Å². The number of Topliss-reactive ketones (excluding diaryl/α,β-unsaturated/α-hetero) is 1. The fourth-order valence-corrected chi connectivity index (χ4v) is 2.25. The maximum Gasteiger partial charge on any atom is 0.268 e. The second kappa shape index (κ2) is 16.7. The number of aromatic nitrogens is 2. The minimum absolute atomic E-state index is 0.0152. The molecule has 2 aromatic heterocycles. The minimum atomic E-state index is -0.398. The first-order chi connectivity index (χ1) is 16.5. The summed E-state index contributed by atoms with van der Waals surface area (Å²) in [4.78, 5) is 49.1. The van der Waals surface area contributed by atoms with Crippen molar-refractivity contribution >= 4 is 11.7 Å². The number of hydrogen-bond acceptors (Lipinski definition) is 5. The largest absolute Gasteiger partial charge is 0.328 e. The van der Waals surface area contributed by atoms with Crippen LogP contribution < -0.4 is 17.0 Å². The van der Waals surface area contributed by atoms with Gasteiger partial charge in [-0.2, -0.15) is 0 Å². The molecule has 0 aliphatic carbocycles. The maximum atomic E-state index is 13.3. The van der Waals surface area contributed by atoms with E-state index in [-0.39, 0.29) is 29.2 Å². The van der Waals surface area contributed by atoms with E-state index in [0.29, 0.717) is 16.7 Å². The van der Waals surface area contributed by atoms with E-state index < -0.39 is 5.82 Å². The number of nitrogens with two attached hydrogens (primary N) is 1. The number of halogens is 1. The number of carbonyl (C=O) groups is 2. The van der Waals surface area contributed by atoms with Crippen molar-refractivity contribution in [1.29, 1.82) is 0 Å². The number of hydrazine groups is 1. The molecule has 0 unspecified atom stereocenters. The molecule has 1 aromatic carbocycles. The van der Waals surface area contributed by atoms with Crippen LogP contribution >= 0.6 is 0 Å². The topological polar surface area (TPSA) is 129 Å². The van der Waals surface area contributed by atoms with Crippen molar-refractivity contribution < 1.29 is 14.0 Å². The van der Waals surface area contributed by atoms with Gasteiger partial charge >= 0.3 is 0 Å². The predicted octanol–water partition coefficient (Wildman–Crippen LogP) is 3.95. The highest BCUT2D eigenvalue weighted by Crippen LogP contribution is 2.10. The number of carbonyl (C=O) groups excluding carboxylic acids is 2. The summed E-state index contributed by atoms with van der Waals surface area (Å²) in [6.07, 6.45) is 2.65. The van der Waals surface area contributed by atoms with E-state index in [1.807, 2.05) is 13.8 Å². The zero-order chi connectivity index (χ0) is 27.0. The van der Waals surface area contributed by atoms with Gasteiger partial charge in [0.2, 0.25) is 11.1 Å². The average molecular weight is 487 g/mol. The lowest BCUT2D eigenvalue weighted by Gasteiger charge is -2.08. The fraction of sp³-hybridized carbons (Fsp3) is 0.308. The summed E-state index contributed by atoms with van der Waals surface area (Å²) in [6.45, 7) is 10.5. The van der Waals surface area contributed by atoms with Gasteiger partial charge in [0, 0.05) is 43.6 Å². The van der Waals surface area contributed by atoms with Gasteiger partial charge in [-0.1, -0.05) is 52.8 Å². The molecule has 190 valence electrons. The van der Waals surface area contributed by atoms with E-state index in [1.54, 1.807) is 18.2 Å². The lowest BCUT2D eigenvalue weighted by atomic mass is 10.0. The zero-order valence-corrected chi connectivity index (χ0v) is 21.1. The molecule has 0 spiro atoms. The molecule has 3 rings (SSSR count). The van der Waals surface area contributed by atoms with Gasteiger partial charge in [-0.25, -0.2) is 10.2 Å². The Kier molecular flexibility index (Phi) is 14.9. The molecule has 9 heteroatoms. The fourth-order valence-electron chi connectivity index (χ4n) is 2.25. The van der Waals surface area contributed by atoms with Crippen LogP contribution in [0.5, 0.6) is 0 Å². The van der Waals surface area contributed by atoms with E-state index in [9.17, 15) is 23.6 Å². The van der Waals surface area contributed by atoms with E-state index in [4.69, 9.17) is 5.84 Å². The van der Waals surface area contributed by atoms with Crippen molar-refractivity contribution in [2.24, 2.45) is 11.8 Å². The van der Waals surface area contributed by atoms with Gasteiger partial charge < -0.3 is 9.97 Å². The average Bonchev–Trinajstić information content (AvgIpc) is 2.82. The Morgan fingerprint density at radius 1 is 0.886 bits per heavy atom. The number of rotatable bonds is 4. The van der Waals surface area contributed by atoms with Crippen molar-refractivity contribution in [1.82, 2.24) is 15.0 Å². The van der Waals surface area contributed by atoms with Gasteiger partial charge in [-0.15, -0.1) is 0 Å². The summed E-state index contributed by atoms with van der Waals surface area (Å²) in [7, 11) is 1.44. The van der Waals surface area contributed by atoms with Crippen molar-refractivity contribution in [3.63, 3.8) is 0 Å². The van der Waals surface area contributed by atoms with Gasteiger partial charge in [0.25, 0.3) is 5.91 Å². The molecule has 0 atom stereocenters. The molecule has 0 fully saturated rings. The Hall–Kier alpha value is -3.85. The Morgan fingerprint density at radius 2 is 1.34 bits per heavy atom. The van der Waals surface area contributed by atoms with Crippen LogP contribution in [-0.2, 0) is 6.42 Å². The highest BCUT2D eigenvalue weighted by atomic mass is 19.1. The highest BCUT2D eigenvalue weighted by Gasteiger charge is 2.10. The van der Waals surface area contributed by atoms with E-state index >= 15 is 0 Å². The predicted molar refractivity (Wildman–Crippen MR) is 137 cm³/mol. The number of nitrogens with one attached hydrogen (secondary N) is 2. The van der Waals surface area contributed by atoms with Gasteiger partial charge in [0.1, 0.15) is 5.82 Å². The molecule has 0 bridgehead atoms. The van der Waals surface area contributed by atoms with Gasteiger partial charge in [0.05, 0.1) is 5.56 Å². The quantitative estimate of drug-likeness (QED) is 0.223. The van der Waals surface area contributed by atoms with Crippen LogP contribution in [0.25, 0.3) is 0 Å². The van der Waals surface area contributed by atoms with Crippen LogP contribution in [0.4, 0.5) is 4.39 Å². The normalized spacial score (nSPS) is 9.40. The molecule has 0 aliphatic heterocycles. The molecule has 1 amide bonds. The molecule has 8 nitrogen and oxygen atoms in total. The minimum Gasteiger partial charge on any atom is -0.328 e. The van der Waals surface area contributed by atoms with Crippen LogP contribution in [0.15, 0.2) is 70.5 Å². The van der Waals surface area contributed by atoms with Crippen molar-refractivity contribution in [3.8, 4) is 0 Å². The molecular weight excluding hydrogens is 451 g/mol. The first-order valence-corrected chi connectivity index (χ1v) is 11.2. The van der Waals surface area contributed by atoms with Crippen molar-refractivity contribution in [2.45, 2.75) is 41.0 Å². The highest BCUT2D eigenvalue weighted by molar-refractivity contribution is 5.97. The number of amides is 1. The lowest BCUT2D eigenvalue weighted by Crippen LogP contribution is -2.33. The maximum absolute atomic E-state index is 13.3. The van der Waals surface area contributed by atoms with Crippen LogP contribution in [0, 0.1) is 11.7 Å². The molecule has 4 N–H and O–H groups in total. The first-order valence-electron chi connectivity index (χ1n) is 11.2. The van der Waals surface area contributed by atoms with Crippen LogP contribution in [-0.4, -0.2) is 33.7 Å². The molecular formula is C26H35FN4O4. The SMILES string of the molecule is CC.CC(C)C.CN(N)C(=O)c1ccc(=O)[nH]c1.O=C(Cc1ccccc1F)c1ccc(=O)[nH]c1. The van der Waals surface area contributed by atoms with E-state index in [0.717, 1.165) is 10.9 Å². The molecule has 3 aromatic rings. The van der Waals surface area contributed by atoms with Crippen LogP contribution in [0.3, 0.4) is 0 Å². The molecule has 0 saturated carbocycles. The molecule has 0 saturated heterocycles. The summed E-state index contributed by atoms with van der Waals surface area (Å²) in [5.41, 5.74) is 0.565. The summed E-state index contributed by atoms with van der Waals surface area (Å²) in [6, 6.07) is 11.5. The second-order valence-corrected chi connectivity index (χ2v) is 7.72. The number of aromatic amines is 2. The second-order valence-electron chi connectivity index (χ2n) is 7.72. The summed E-state index contributed by atoms with van der Waals surface area (Å²) in [5, 5.41) is 0.952. The monoisotopic (exact) mass is 486 g/mol. The van der Waals surface area contributed by atoms with Crippen molar-refractivity contribution in [3.05, 3.63) is 104 Å². The number of ketones is 1. The third kappa shape index (κ3) is 12.8. The molecule has 0 radical (unpaired) electrons.